The topological polar surface area (TPSA) is 74.8 Å². The molecule has 0 aliphatic rings. The first kappa shape index (κ1) is 49.5. The number of para-hydroxylation sites is 4. The van der Waals surface area contributed by atoms with Crippen LogP contribution < -0.4 is 0 Å². The Bertz CT molecular complexity index is 5540. The molecule has 7 nitrogen and oxygen atoms in total. The number of nitrogens with zero attached hydrogens (tertiary/aromatic N) is 5. The predicted octanol–water partition coefficient (Wildman–Crippen LogP) is 21.5. The van der Waals surface area contributed by atoms with Crippen LogP contribution in [0, 0.1) is 0 Å². The second kappa shape index (κ2) is 19.8. The number of hydrogen-bond acceptors (Lipinski definition) is 5. The molecule has 0 unspecified atom stereocenters. The smallest absolute Gasteiger partial charge is 0.164 e. The van der Waals surface area contributed by atoms with Crippen LogP contribution in [0.1, 0.15) is 0 Å². The van der Waals surface area contributed by atoms with Crippen molar-refractivity contribution < 1.29 is 8.83 Å². The molecule has 0 aliphatic heterocycles. The number of rotatable bonds is 9. The molecule has 0 spiro atoms. The highest BCUT2D eigenvalue weighted by Gasteiger charge is 2.22. The summed E-state index contributed by atoms with van der Waals surface area (Å²) in [5.41, 5.74) is 21.4. The van der Waals surface area contributed by atoms with Gasteiger partial charge in [-0.3, -0.25) is 0 Å². The molecule has 0 atom stereocenters. The van der Waals surface area contributed by atoms with Crippen molar-refractivity contribution in [3.05, 3.63) is 297 Å². The maximum atomic E-state index is 6.22. The average molecular weight is 1120 g/mol. The molecule has 0 bridgehead atoms. The zero-order valence-corrected chi connectivity index (χ0v) is 47.3. The molecule has 18 rings (SSSR count). The van der Waals surface area contributed by atoms with Crippen molar-refractivity contribution in [3.8, 4) is 90.0 Å². The van der Waals surface area contributed by atoms with Gasteiger partial charge in [-0.25, -0.2) is 15.0 Å². The van der Waals surface area contributed by atoms with Crippen LogP contribution in [-0.2, 0) is 0 Å². The lowest BCUT2D eigenvalue weighted by Crippen LogP contribution is -2.03. The standard InChI is InChI=1S/C81H49N5O2/c1-3-17-50(18-4-1)52-33-38-61(51-19-5-2-6-20-51)70(49-52)81-83-79(57-21-15-23-59(43-57)85-71-29-11-7-25-62(71)66-45-53(34-39-73(66)85)55-36-41-77-68(47-55)64-27-9-13-31-75(64)87-77)82-80(84-81)58-22-16-24-60(44-58)86-72-30-12-8-26-63(72)67-46-54(35-40-74(67)86)56-37-42-78-69(48-56)65-28-10-14-32-76(65)88-78/h1-49H. The third kappa shape index (κ3) is 8.09. The number of aromatic nitrogens is 5. The van der Waals surface area contributed by atoms with E-state index in [2.05, 4.69) is 282 Å². The average Bonchev–Trinajstić information content (AvgIpc) is 2.19. The van der Waals surface area contributed by atoms with Gasteiger partial charge in [0.25, 0.3) is 0 Å². The van der Waals surface area contributed by atoms with Crippen molar-refractivity contribution in [1.82, 2.24) is 24.1 Å². The molecule has 410 valence electrons. The molecule has 7 heteroatoms. The predicted molar refractivity (Wildman–Crippen MR) is 361 cm³/mol. The Hall–Kier alpha value is -11.9. The summed E-state index contributed by atoms with van der Waals surface area (Å²) in [5, 5.41) is 9.11. The van der Waals surface area contributed by atoms with Gasteiger partial charge < -0.3 is 18.0 Å². The van der Waals surface area contributed by atoms with Gasteiger partial charge in [0.15, 0.2) is 17.5 Å². The molecule has 0 radical (unpaired) electrons. The van der Waals surface area contributed by atoms with Crippen molar-refractivity contribution in [1.29, 1.82) is 0 Å². The first-order valence-corrected chi connectivity index (χ1v) is 29.7. The SMILES string of the molecule is c1ccc(-c2ccc(-c3ccccc3)c(-c3nc(-c4cccc(-n5c6ccccc6c6cc(-c7ccc8oc9ccccc9c8c7)ccc65)c4)nc(-c4cccc(-n5c6ccccc6c6cc(-c7ccc8oc9ccccc9c8c7)ccc65)c4)n3)c2)cc1. The highest BCUT2D eigenvalue weighted by Crippen LogP contribution is 2.42. The van der Waals surface area contributed by atoms with Gasteiger partial charge in [-0.2, -0.15) is 0 Å². The van der Waals surface area contributed by atoms with E-state index in [4.69, 9.17) is 23.8 Å². The minimum absolute atomic E-state index is 0.563. The van der Waals surface area contributed by atoms with Crippen LogP contribution >= 0.6 is 0 Å². The second-order valence-electron chi connectivity index (χ2n) is 22.7. The van der Waals surface area contributed by atoms with Crippen LogP contribution in [0.25, 0.3) is 178 Å². The molecule has 0 amide bonds. The van der Waals surface area contributed by atoms with Crippen LogP contribution in [0.15, 0.2) is 306 Å². The Balaban J connectivity index is 0.795. The van der Waals surface area contributed by atoms with E-state index in [1.807, 2.05) is 24.3 Å². The van der Waals surface area contributed by atoms with E-state index in [9.17, 15) is 0 Å². The molecule has 88 heavy (non-hydrogen) atoms. The fraction of sp³-hybridized carbons (Fsp3) is 0. The van der Waals surface area contributed by atoms with Crippen molar-refractivity contribution in [3.63, 3.8) is 0 Å². The molecule has 0 N–H and O–H groups in total. The third-order valence-electron chi connectivity index (χ3n) is 17.6. The van der Waals surface area contributed by atoms with E-state index in [1.54, 1.807) is 0 Å². The number of fused-ring (bicyclic) bond motifs is 12. The molecule has 0 fully saturated rings. The molecule has 0 aliphatic carbocycles. The third-order valence-corrected chi connectivity index (χ3v) is 17.6. The van der Waals surface area contributed by atoms with Crippen molar-refractivity contribution in [2.75, 3.05) is 0 Å². The summed E-state index contributed by atoms with van der Waals surface area (Å²) in [4.78, 5) is 16.5. The lowest BCUT2D eigenvalue weighted by molar-refractivity contribution is 0.668. The van der Waals surface area contributed by atoms with Crippen LogP contribution in [0.3, 0.4) is 0 Å². The van der Waals surface area contributed by atoms with Gasteiger partial charge in [-0.1, -0.05) is 194 Å². The maximum absolute atomic E-state index is 6.22. The van der Waals surface area contributed by atoms with Crippen molar-refractivity contribution in [2.45, 2.75) is 0 Å². The first-order chi connectivity index (χ1) is 43.6. The molecule has 5 aromatic heterocycles. The normalized spacial score (nSPS) is 11.9. The van der Waals surface area contributed by atoms with Crippen LogP contribution in [0.2, 0.25) is 0 Å². The minimum atomic E-state index is 0.563. The Morgan fingerprint density at radius 3 is 1.10 bits per heavy atom. The Labute approximate surface area is 504 Å². The molecular weight excluding hydrogens is 1070 g/mol. The zero-order chi connectivity index (χ0) is 57.8. The first-order valence-electron chi connectivity index (χ1n) is 29.7. The van der Waals surface area contributed by atoms with E-state index in [0.717, 1.165) is 149 Å². The quantitative estimate of drug-likeness (QED) is 0.144. The van der Waals surface area contributed by atoms with Gasteiger partial charge in [0.2, 0.25) is 0 Å². The summed E-state index contributed by atoms with van der Waals surface area (Å²) in [7, 11) is 0. The Kier molecular flexibility index (Phi) is 11.2. The maximum Gasteiger partial charge on any atom is 0.164 e. The van der Waals surface area contributed by atoms with Crippen molar-refractivity contribution in [2.24, 2.45) is 0 Å². The zero-order valence-electron chi connectivity index (χ0n) is 47.3. The highest BCUT2D eigenvalue weighted by molar-refractivity contribution is 6.13. The summed E-state index contributed by atoms with van der Waals surface area (Å²) in [6, 6.07) is 105. The summed E-state index contributed by atoms with van der Waals surface area (Å²) < 4.78 is 17.2. The van der Waals surface area contributed by atoms with Gasteiger partial charge in [0, 0.05) is 71.2 Å². The van der Waals surface area contributed by atoms with Crippen LogP contribution in [0.5, 0.6) is 0 Å². The van der Waals surface area contributed by atoms with Crippen molar-refractivity contribution >= 4 is 87.5 Å². The number of hydrogen-bond donors (Lipinski definition) is 0. The monoisotopic (exact) mass is 1120 g/mol. The van der Waals surface area contributed by atoms with Gasteiger partial charge in [-0.05, 0) is 148 Å². The summed E-state index contributed by atoms with van der Waals surface area (Å²) >= 11 is 0. The lowest BCUT2D eigenvalue weighted by atomic mass is 9.94. The fourth-order valence-electron chi connectivity index (χ4n) is 13.4. The van der Waals surface area contributed by atoms with Gasteiger partial charge in [-0.15, -0.1) is 0 Å². The molecule has 18 aromatic rings. The number of benzene rings is 13. The van der Waals surface area contributed by atoms with Gasteiger partial charge in [0.1, 0.15) is 22.3 Å². The van der Waals surface area contributed by atoms with E-state index in [0.29, 0.717) is 17.5 Å². The summed E-state index contributed by atoms with van der Waals surface area (Å²) in [5.74, 6) is 1.70. The van der Waals surface area contributed by atoms with E-state index < -0.39 is 0 Å². The Morgan fingerprint density at radius 1 is 0.205 bits per heavy atom. The van der Waals surface area contributed by atoms with E-state index >= 15 is 0 Å². The van der Waals surface area contributed by atoms with Crippen LogP contribution in [-0.4, -0.2) is 24.1 Å². The largest absolute Gasteiger partial charge is 0.456 e. The van der Waals surface area contributed by atoms with E-state index in [1.165, 1.54) is 10.8 Å². The second-order valence-corrected chi connectivity index (χ2v) is 22.7. The molecule has 13 aromatic carbocycles. The van der Waals surface area contributed by atoms with Crippen LogP contribution in [0.4, 0.5) is 0 Å². The lowest BCUT2D eigenvalue weighted by Gasteiger charge is -2.15. The molecule has 5 heterocycles. The highest BCUT2D eigenvalue weighted by atomic mass is 16.3. The minimum Gasteiger partial charge on any atom is -0.456 e. The molecule has 0 saturated carbocycles. The van der Waals surface area contributed by atoms with E-state index in [-0.39, 0.29) is 0 Å². The Morgan fingerprint density at radius 2 is 0.580 bits per heavy atom. The fourth-order valence-corrected chi connectivity index (χ4v) is 13.4. The summed E-state index contributed by atoms with van der Waals surface area (Å²) in [6.45, 7) is 0. The molecular formula is C81H49N5O2. The molecule has 0 saturated heterocycles. The van der Waals surface area contributed by atoms with Gasteiger partial charge in [0.05, 0.1) is 22.1 Å². The summed E-state index contributed by atoms with van der Waals surface area (Å²) in [6.07, 6.45) is 0. The van der Waals surface area contributed by atoms with Gasteiger partial charge >= 0.3 is 0 Å². The number of furan rings is 2.